The van der Waals surface area contributed by atoms with Crippen molar-refractivity contribution >= 4 is 15.9 Å². The van der Waals surface area contributed by atoms with E-state index in [4.69, 9.17) is 4.18 Å². The van der Waals surface area contributed by atoms with Crippen LogP contribution in [0.2, 0.25) is 0 Å². The summed E-state index contributed by atoms with van der Waals surface area (Å²) < 4.78 is 28.6. The highest BCUT2D eigenvalue weighted by atomic mass is 32.2. The molecule has 1 aromatic carbocycles. The Bertz CT molecular complexity index is 596. The van der Waals surface area contributed by atoms with Gasteiger partial charge in [0.2, 0.25) is 0 Å². The molecule has 0 saturated heterocycles. The second kappa shape index (κ2) is 16.7. The average Bonchev–Trinajstić information content (AvgIpc) is 2.67. The minimum atomic E-state index is -3.62. The van der Waals surface area contributed by atoms with Crippen molar-refractivity contribution in [2.24, 2.45) is 0 Å². The summed E-state index contributed by atoms with van der Waals surface area (Å²) in [4.78, 5) is 11.9. The van der Waals surface area contributed by atoms with Gasteiger partial charge in [-0.3, -0.25) is 8.98 Å². The average molecular weight is 413 g/mol. The number of carbonyl (C=O) groups is 1. The van der Waals surface area contributed by atoms with Crippen molar-refractivity contribution in [3.05, 3.63) is 35.9 Å². The van der Waals surface area contributed by atoms with E-state index in [-0.39, 0.29) is 19.0 Å². The molecule has 0 fully saturated rings. The van der Waals surface area contributed by atoms with Crippen molar-refractivity contribution in [3.63, 3.8) is 0 Å². The number of rotatable bonds is 17. The maximum Gasteiger partial charge on any atom is 0.267 e. The monoisotopic (exact) mass is 412 g/mol. The number of benzene rings is 1. The second-order valence-electron chi connectivity index (χ2n) is 7.20. The normalized spacial score (nSPS) is 11.2. The van der Waals surface area contributed by atoms with E-state index in [9.17, 15) is 13.2 Å². The third kappa shape index (κ3) is 13.9. The Labute approximate surface area is 173 Å². The van der Waals surface area contributed by atoms with E-state index < -0.39 is 16.7 Å². The molecule has 0 bridgehead atoms. The van der Waals surface area contributed by atoms with Crippen molar-refractivity contribution in [3.8, 4) is 0 Å². The lowest BCUT2D eigenvalue weighted by atomic mass is 10.1. The van der Waals surface area contributed by atoms with Crippen LogP contribution in [0.15, 0.2) is 30.3 Å². The topological polar surface area (TPSA) is 60.4 Å². The third-order valence-electron chi connectivity index (χ3n) is 4.71. The van der Waals surface area contributed by atoms with Gasteiger partial charge in [0.25, 0.3) is 10.1 Å². The first-order chi connectivity index (χ1) is 13.0. The van der Waals surface area contributed by atoms with Crippen molar-refractivity contribution in [1.82, 2.24) is 0 Å². The lowest BCUT2D eigenvalue weighted by Crippen LogP contribution is -2.17. The Morgan fingerprint density at radius 2 is 1.25 bits per heavy atom. The van der Waals surface area contributed by atoms with Gasteiger partial charge in [-0.05, 0) is 6.42 Å². The highest BCUT2D eigenvalue weighted by molar-refractivity contribution is 7.86. The Hall–Kier alpha value is -1.20. The zero-order valence-electron chi connectivity index (χ0n) is 16.8. The van der Waals surface area contributed by atoms with Crippen molar-refractivity contribution in [2.45, 2.75) is 91.4 Å². The van der Waals surface area contributed by atoms with Crippen LogP contribution in [0.1, 0.15) is 102 Å². The molecule has 0 unspecified atom stereocenters. The number of carbonyl (C=O) groups excluding carboxylic acids is 1. The van der Waals surface area contributed by atoms with Gasteiger partial charge in [0.05, 0.1) is 5.75 Å². The lowest BCUT2D eigenvalue weighted by Gasteiger charge is -2.06. The fraction of sp³-hybridized carbons (Fsp3) is 0.696. The molecular formula is C23H40O4S. The predicted octanol–water partition coefficient (Wildman–Crippen LogP) is 6.55. The fourth-order valence-corrected chi connectivity index (χ4v) is 3.99. The van der Waals surface area contributed by atoms with Crippen molar-refractivity contribution in [1.29, 1.82) is 0 Å². The van der Waals surface area contributed by atoms with Crippen LogP contribution in [0.5, 0.6) is 0 Å². The molecule has 0 amide bonds. The molecule has 0 radical (unpaired) electrons. The first-order valence-electron chi connectivity index (χ1n) is 10.5. The van der Waals surface area contributed by atoms with Crippen LogP contribution >= 0.6 is 0 Å². The van der Waals surface area contributed by atoms with Gasteiger partial charge in [0.1, 0.15) is 6.61 Å². The van der Waals surface area contributed by atoms with Crippen LogP contribution in [0.3, 0.4) is 0 Å². The maximum atomic E-state index is 11.9. The fourth-order valence-electron chi connectivity index (χ4n) is 3.03. The molecule has 0 aliphatic rings. The lowest BCUT2D eigenvalue weighted by molar-refractivity contribution is 0.0924. The minimum Gasteiger partial charge on any atom is -0.291 e. The number of hydrogen-bond donors (Lipinski definition) is 0. The van der Waals surface area contributed by atoms with Gasteiger partial charge in [-0.1, -0.05) is 115 Å². The van der Waals surface area contributed by atoms with Crippen LogP contribution < -0.4 is 0 Å². The molecule has 1 aromatic rings. The summed E-state index contributed by atoms with van der Waals surface area (Å²) in [7, 11) is -3.62. The van der Waals surface area contributed by atoms with Gasteiger partial charge < -0.3 is 0 Å². The number of hydrogen-bond acceptors (Lipinski definition) is 4. The zero-order valence-corrected chi connectivity index (χ0v) is 17.6. The summed E-state index contributed by atoms with van der Waals surface area (Å²) in [5, 5.41) is 0. The van der Waals surface area contributed by atoms with Gasteiger partial charge in [-0.2, -0.15) is 8.42 Å². The summed E-state index contributed by atoms with van der Waals surface area (Å²) in [6.07, 6.45) is 14.3. The van der Waals surface area contributed by atoms with Crippen LogP contribution in [0.25, 0.3) is 0 Å². The van der Waals surface area contributed by atoms with Gasteiger partial charge in [0.15, 0.2) is 5.78 Å². The smallest absolute Gasteiger partial charge is 0.267 e. The second-order valence-corrected chi connectivity index (χ2v) is 8.96. The van der Waals surface area contributed by atoms with E-state index >= 15 is 0 Å². The SMILES string of the molecule is C.CCCCCCCCCCCCCCS(=O)(=O)OCC(=O)c1ccccc1. The molecule has 0 atom stereocenters. The molecule has 0 aliphatic heterocycles. The molecule has 0 aliphatic carbocycles. The predicted molar refractivity (Wildman–Crippen MR) is 118 cm³/mol. The van der Waals surface area contributed by atoms with Crippen molar-refractivity contribution < 1.29 is 17.4 Å². The molecule has 1 rings (SSSR count). The summed E-state index contributed by atoms with van der Waals surface area (Å²) >= 11 is 0. The Morgan fingerprint density at radius 1 is 0.786 bits per heavy atom. The quantitative estimate of drug-likeness (QED) is 0.165. The van der Waals surface area contributed by atoms with Crippen LogP contribution in [-0.2, 0) is 14.3 Å². The molecule has 4 nitrogen and oxygen atoms in total. The molecular weight excluding hydrogens is 372 g/mol. The highest BCUT2D eigenvalue weighted by Gasteiger charge is 2.14. The number of ketones is 1. The summed E-state index contributed by atoms with van der Waals surface area (Å²) in [5.41, 5.74) is 0.470. The minimum absolute atomic E-state index is 0. The number of unbranched alkanes of at least 4 members (excludes halogenated alkanes) is 11. The van der Waals surface area contributed by atoms with E-state index in [2.05, 4.69) is 6.92 Å². The Balaban J connectivity index is 0.00000729. The number of Topliss-reactive ketones (excluding diaryl/α,β-unsaturated/α-hetero) is 1. The molecule has 5 heteroatoms. The third-order valence-corrected chi connectivity index (χ3v) is 5.98. The summed E-state index contributed by atoms with van der Waals surface area (Å²) in [6, 6.07) is 8.61. The van der Waals surface area contributed by atoms with E-state index in [1.807, 2.05) is 6.07 Å². The van der Waals surface area contributed by atoms with E-state index in [0.717, 1.165) is 12.8 Å². The zero-order chi connectivity index (χ0) is 19.8. The van der Waals surface area contributed by atoms with Crippen LogP contribution in [0, 0.1) is 0 Å². The Morgan fingerprint density at radius 3 is 1.75 bits per heavy atom. The highest BCUT2D eigenvalue weighted by Crippen LogP contribution is 2.12. The van der Waals surface area contributed by atoms with Crippen LogP contribution in [-0.4, -0.2) is 26.6 Å². The van der Waals surface area contributed by atoms with E-state index in [1.165, 1.54) is 57.8 Å². The van der Waals surface area contributed by atoms with Crippen LogP contribution in [0.4, 0.5) is 0 Å². The van der Waals surface area contributed by atoms with E-state index in [1.54, 1.807) is 24.3 Å². The molecule has 0 aromatic heterocycles. The molecule has 0 N–H and O–H groups in total. The standard InChI is InChI=1S/C22H36O4S.CH4/c1-2-3-4-5-6-7-8-9-10-11-12-16-19-27(24,25)26-20-22(23)21-17-14-13-15-18-21;/h13-15,17-18H,2-12,16,19-20H2,1H3;1H4. The van der Waals surface area contributed by atoms with Gasteiger partial charge >= 0.3 is 0 Å². The van der Waals surface area contributed by atoms with Crippen molar-refractivity contribution in [2.75, 3.05) is 12.4 Å². The first kappa shape index (κ1) is 26.8. The maximum absolute atomic E-state index is 11.9. The molecule has 0 heterocycles. The molecule has 28 heavy (non-hydrogen) atoms. The molecule has 162 valence electrons. The van der Waals surface area contributed by atoms with Gasteiger partial charge in [0, 0.05) is 5.56 Å². The van der Waals surface area contributed by atoms with Gasteiger partial charge in [-0.15, -0.1) is 0 Å². The molecule has 0 spiro atoms. The summed E-state index contributed by atoms with van der Waals surface area (Å²) in [6.45, 7) is 1.83. The Kier molecular flexibility index (Phi) is 16.0. The molecule has 0 saturated carbocycles. The van der Waals surface area contributed by atoms with Gasteiger partial charge in [-0.25, -0.2) is 0 Å². The summed E-state index contributed by atoms with van der Waals surface area (Å²) in [5.74, 6) is -0.319. The largest absolute Gasteiger partial charge is 0.291 e. The first-order valence-corrected chi connectivity index (χ1v) is 12.1. The van der Waals surface area contributed by atoms with E-state index in [0.29, 0.717) is 12.0 Å².